The lowest BCUT2D eigenvalue weighted by molar-refractivity contribution is -0.113. The summed E-state index contributed by atoms with van der Waals surface area (Å²) < 4.78 is 9.03. The van der Waals surface area contributed by atoms with Gasteiger partial charge in [-0.2, -0.15) is 0 Å². The van der Waals surface area contributed by atoms with Gasteiger partial charge in [0, 0.05) is 17.8 Å². The molecule has 0 aliphatic carbocycles. The van der Waals surface area contributed by atoms with Crippen LogP contribution in [0.4, 0.5) is 5.69 Å². The van der Waals surface area contributed by atoms with E-state index in [0.717, 1.165) is 27.5 Å². The van der Waals surface area contributed by atoms with Gasteiger partial charge in [-0.1, -0.05) is 30.0 Å². The molecule has 1 N–H and O–H groups in total. The molecule has 0 saturated heterocycles. The first-order valence-electron chi connectivity index (χ1n) is 12.5. The number of thioether (sulfide) groups is 1. The molecule has 0 aliphatic rings. The number of aromatic nitrogens is 4. The van der Waals surface area contributed by atoms with Gasteiger partial charge in [0.2, 0.25) is 5.91 Å². The number of hydrogen-bond donors (Lipinski definition) is 1. The molecule has 5 rings (SSSR count). The van der Waals surface area contributed by atoms with Crippen molar-refractivity contribution in [3.8, 4) is 16.3 Å². The monoisotopic (exact) mass is 555 g/mol. The number of rotatable bonds is 10. The number of fused-ring (bicyclic) bond motifs is 1. The van der Waals surface area contributed by atoms with Gasteiger partial charge < -0.3 is 10.1 Å². The highest BCUT2D eigenvalue weighted by atomic mass is 32.2. The molecule has 1 amide bonds. The van der Waals surface area contributed by atoms with Crippen LogP contribution in [0, 0.1) is 20.8 Å². The number of allylic oxidation sites excluding steroid dienone is 1. The fourth-order valence-electron chi connectivity index (χ4n) is 3.98. The minimum absolute atomic E-state index is 0.121. The van der Waals surface area contributed by atoms with Crippen LogP contribution in [-0.2, 0) is 17.9 Å². The molecule has 0 radical (unpaired) electrons. The molecule has 39 heavy (non-hydrogen) atoms. The molecular weight excluding hydrogens is 526 g/mol. The van der Waals surface area contributed by atoms with Crippen molar-refractivity contribution in [1.82, 2.24) is 19.7 Å². The van der Waals surface area contributed by atoms with Crippen molar-refractivity contribution >= 4 is 44.9 Å². The number of aryl methyl sites for hydroxylation is 3. The molecule has 0 bridgehead atoms. The van der Waals surface area contributed by atoms with Gasteiger partial charge in [-0.05, 0) is 86.0 Å². The van der Waals surface area contributed by atoms with E-state index in [1.807, 2.05) is 53.1 Å². The van der Waals surface area contributed by atoms with E-state index in [4.69, 9.17) is 9.72 Å². The van der Waals surface area contributed by atoms with Crippen LogP contribution in [0.2, 0.25) is 0 Å². The van der Waals surface area contributed by atoms with Crippen molar-refractivity contribution in [2.45, 2.75) is 39.1 Å². The van der Waals surface area contributed by atoms with Crippen LogP contribution >= 0.6 is 23.1 Å². The summed E-state index contributed by atoms with van der Waals surface area (Å²) in [5.74, 6) is 1.54. The summed E-state index contributed by atoms with van der Waals surface area (Å²) in [6.45, 7) is 10.8. The Morgan fingerprint density at radius 3 is 2.64 bits per heavy atom. The Hall–Kier alpha value is -3.95. The zero-order valence-corrected chi connectivity index (χ0v) is 23.7. The zero-order valence-electron chi connectivity index (χ0n) is 22.1. The van der Waals surface area contributed by atoms with E-state index in [1.54, 1.807) is 17.4 Å². The third-order valence-corrected chi connectivity index (χ3v) is 8.28. The average Bonchev–Trinajstić information content (AvgIpc) is 3.52. The molecule has 7 nitrogen and oxygen atoms in total. The fraction of sp³-hybridized carbons (Fsp3) is 0.200. The van der Waals surface area contributed by atoms with Crippen LogP contribution in [0.3, 0.4) is 0 Å². The van der Waals surface area contributed by atoms with Crippen molar-refractivity contribution in [2.24, 2.45) is 0 Å². The quantitative estimate of drug-likeness (QED) is 0.148. The zero-order chi connectivity index (χ0) is 27.4. The van der Waals surface area contributed by atoms with Crippen LogP contribution < -0.4 is 10.1 Å². The number of thiazole rings is 1. The second-order valence-electron chi connectivity index (χ2n) is 9.24. The summed E-state index contributed by atoms with van der Waals surface area (Å²) in [6, 6.07) is 20.0. The molecule has 0 aliphatic heterocycles. The maximum absolute atomic E-state index is 12.7. The molecule has 3 aromatic carbocycles. The van der Waals surface area contributed by atoms with Gasteiger partial charge in [-0.3, -0.25) is 9.36 Å². The Balaban J connectivity index is 1.18. The average molecular weight is 556 g/mol. The lowest BCUT2D eigenvalue weighted by Crippen LogP contribution is -2.15. The largest absolute Gasteiger partial charge is 0.486 e. The minimum atomic E-state index is -0.121. The highest BCUT2D eigenvalue weighted by Crippen LogP contribution is 2.31. The molecule has 0 saturated carbocycles. The molecular formula is C30H29N5O2S2. The van der Waals surface area contributed by atoms with E-state index in [9.17, 15) is 4.79 Å². The number of nitrogens with one attached hydrogen (secondary N) is 1. The van der Waals surface area contributed by atoms with Crippen molar-refractivity contribution in [2.75, 3.05) is 11.1 Å². The summed E-state index contributed by atoms with van der Waals surface area (Å²) >= 11 is 3.00. The van der Waals surface area contributed by atoms with Crippen LogP contribution in [0.5, 0.6) is 5.75 Å². The van der Waals surface area contributed by atoms with Gasteiger partial charge in [0.15, 0.2) is 11.0 Å². The maximum Gasteiger partial charge on any atom is 0.234 e. The Morgan fingerprint density at radius 1 is 1.05 bits per heavy atom. The number of carbonyl (C=O) groups is 1. The highest BCUT2D eigenvalue weighted by molar-refractivity contribution is 7.99. The Bertz CT molecular complexity index is 1640. The molecule has 198 valence electrons. The van der Waals surface area contributed by atoms with Gasteiger partial charge in [0.25, 0.3) is 0 Å². The maximum atomic E-state index is 12.7. The van der Waals surface area contributed by atoms with E-state index in [-0.39, 0.29) is 18.3 Å². The Morgan fingerprint density at radius 2 is 1.87 bits per heavy atom. The molecule has 2 aromatic heterocycles. The summed E-state index contributed by atoms with van der Waals surface area (Å²) in [5, 5.41) is 13.1. The van der Waals surface area contributed by atoms with Crippen LogP contribution in [0.15, 0.2) is 78.5 Å². The van der Waals surface area contributed by atoms with E-state index in [0.29, 0.717) is 17.5 Å². The van der Waals surface area contributed by atoms with E-state index in [1.165, 1.54) is 33.2 Å². The van der Waals surface area contributed by atoms with E-state index >= 15 is 0 Å². The predicted molar refractivity (Wildman–Crippen MR) is 160 cm³/mol. The first-order valence-corrected chi connectivity index (χ1v) is 14.3. The third kappa shape index (κ3) is 6.38. The number of carbonyl (C=O) groups excluding carboxylic acids is 1. The summed E-state index contributed by atoms with van der Waals surface area (Å²) in [4.78, 5) is 17.4. The minimum Gasteiger partial charge on any atom is -0.486 e. The number of ether oxygens (including phenoxy) is 1. The van der Waals surface area contributed by atoms with Crippen LogP contribution in [-0.4, -0.2) is 31.4 Å². The number of hydrogen-bond acceptors (Lipinski definition) is 7. The molecule has 5 aromatic rings. The number of benzene rings is 3. The lowest BCUT2D eigenvalue weighted by Gasteiger charge is -2.10. The van der Waals surface area contributed by atoms with Gasteiger partial charge in [0.05, 0.1) is 16.0 Å². The SMILES string of the molecule is C=CCn1c(COc2ccc(C)c(C)c2)nnc1SCC(=O)Nc1ccc(-c2nc3ccc(C)cc3s2)cc1. The number of anilines is 1. The normalized spacial score (nSPS) is 11.1. The van der Waals surface area contributed by atoms with E-state index < -0.39 is 0 Å². The van der Waals surface area contributed by atoms with Crippen LogP contribution in [0.25, 0.3) is 20.8 Å². The van der Waals surface area contributed by atoms with Gasteiger partial charge >= 0.3 is 0 Å². The molecule has 0 spiro atoms. The molecule has 2 heterocycles. The fourth-order valence-corrected chi connectivity index (χ4v) is 5.81. The second kappa shape index (κ2) is 11.8. The molecule has 9 heteroatoms. The number of nitrogens with zero attached hydrogens (tertiary/aromatic N) is 4. The van der Waals surface area contributed by atoms with Gasteiger partial charge in [-0.25, -0.2) is 4.98 Å². The topological polar surface area (TPSA) is 81.9 Å². The van der Waals surface area contributed by atoms with Crippen molar-refractivity contribution in [3.63, 3.8) is 0 Å². The van der Waals surface area contributed by atoms with Gasteiger partial charge in [0.1, 0.15) is 17.4 Å². The summed E-state index contributed by atoms with van der Waals surface area (Å²) in [7, 11) is 0. The smallest absolute Gasteiger partial charge is 0.234 e. The van der Waals surface area contributed by atoms with E-state index in [2.05, 4.69) is 55.0 Å². The number of amides is 1. The third-order valence-electron chi connectivity index (χ3n) is 6.24. The first-order chi connectivity index (χ1) is 18.9. The van der Waals surface area contributed by atoms with Gasteiger partial charge in [-0.15, -0.1) is 28.1 Å². The van der Waals surface area contributed by atoms with Crippen molar-refractivity contribution in [1.29, 1.82) is 0 Å². The molecule has 0 fully saturated rings. The molecule has 0 unspecified atom stereocenters. The molecule has 0 atom stereocenters. The summed E-state index contributed by atoms with van der Waals surface area (Å²) in [5.41, 5.74) is 6.36. The van der Waals surface area contributed by atoms with Crippen LogP contribution in [0.1, 0.15) is 22.5 Å². The summed E-state index contributed by atoms with van der Waals surface area (Å²) in [6.07, 6.45) is 1.78. The highest BCUT2D eigenvalue weighted by Gasteiger charge is 2.15. The lowest BCUT2D eigenvalue weighted by atomic mass is 10.1. The Labute approximate surface area is 236 Å². The standard InChI is InChI=1S/C30H29N5O2S2/c1-5-14-35-27(17-37-24-12-7-20(3)21(4)16-24)33-34-30(35)38-18-28(36)31-23-10-8-22(9-11-23)29-32-25-13-6-19(2)15-26(25)39-29/h5-13,15-16H,1,14,17-18H2,2-4H3,(H,31,36). The Kier molecular flexibility index (Phi) is 8.09. The van der Waals surface area contributed by atoms with Crippen molar-refractivity contribution < 1.29 is 9.53 Å². The van der Waals surface area contributed by atoms with Crippen molar-refractivity contribution in [3.05, 3.63) is 95.8 Å². The predicted octanol–water partition coefficient (Wildman–Crippen LogP) is 6.98. The first kappa shape index (κ1) is 26.6. The second-order valence-corrected chi connectivity index (χ2v) is 11.2.